The number of ether oxygens (including phenoxy) is 1. The summed E-state index contributed by atoms with van der Waals surface area (Å²) >= 11 is 0. The topological polar surface area (TPSA) is 74.3 Å². The van der Waals surface area contributed by atoms with Crippen LogP contribution in [0.15, 0.2) is 29.1 Å². The second kappa shape index (κ2) is 4.52. The van der Waals surface area contributed by atoms with Crippen LogP contribution in [0.25, 0.3) is 10.9 Å². The lowest BCUT2D eigenvalue weighted by Gasteiger charge is -2.10. The maximum absolute atomic E-state index is 12.0. The summed E-state index contributed by atoms with van der Waals surface area (Å²) in [5, 5.41) is 0.773. The van der Waals surface area contributed by atoms with Gasteiger partial charge in [0.2, 0.25) is 0 Å². The summed E-state index contributed by atoms with van der Waals surface area (Å²) < 4.78 is 5.91. The molecule has 2 rings (SSSR count). The fourth-order valence-corrected chi connectivity index (χ4v) is 1.83. The van der Waals surface area contributed by atoms with Gasteiger partial charge in [-0.15, -0.1) is 0 Å². The van der Waals surface area contributed by atoms with Crippen LogP contribution in [0, 0.1) is 6.92 Å². The van der Waals surface area contributed by atoms with E-state index in [-0.39, 0.29) is 12.2 Å². The lowest BCUT2D eigenvalue weighted by molar-refractivity contribution is 0.154. The van der Waals surface area contributed by atoms with E-state index in [1.165, 1.54) is 0 Å². The standard InChI is InChI=1S/C13H14N2O3/c1-3-18-13(17)15-11-7-10(14)5-4-9(11)6-8(2)12(15)16/h4-7H,3,14H2,1-2H3. The molecule has 1 heterocycles. The van der Waals surface area contributed by atoms with Crippen molar-refractivity contribution in [2.45, 2.75) is 13.8 Å². The third kappa shape index (κ3) is 1.95. The van der Waals surface area contributed by atoms with Crippen molar-refractivity contribution >= 4 is 22.7 Å². The number of anilines is 1. The summed E-state index contributed by atoms with van der Waals surface area (Å²) in [5.41, 5.74) is 6.74. The first kappa shape index (κ1) is 12.2. The summed E-state index contributed by atoms with van der Waals surface area (Å²) in [6.07, 6.45) is -0.679. The molecule has 2 N–H and O–H groups in total. The fourth-order valence-electron chi connectivity index (χ4n) is 1.83. The van der Waals surface area contributed by atoms with Crippen molar-refractivity contribution < 1.29 is 9.53 Å². The molecule has 94 valence electrons. The summed E-state index contributed by atoms with van der Waals surface area (Å²) in [6.45, 7) is 3.56. The normalized spacial score (nSPS) is 10.6. The Kier molecular flexibility index (Phi) is 3.06. The smallest absolute Gasteiger partial charge is 0.421 e. The molecule has 0 bridgehead atoms. The average Bonchev–Trinajstić information content (AvgIpc) is 2.31. The van der Waals surface area contributed by atoms with Gasteiger partial charge in [0.05, 0.1) is 12.1 Å². The molecule has 0 saturated heterocycles. The number of fused-ring (bicyclic) bond motifs is 1. The number of nitrogens with two attached hydrogens (primary N) is 1. The Labute approximate surface area is 104 Å². The number of pyridine rings is 1. The van der Waals surface area contributed by atoms with Gasteiger partial charge in [-0.25, -0.2) is 9.36 Å². The lowest BCUT2D eigenvalue weighted by Crippen LogP contribution is -2.29. The highest BCUT2D eigenvalue weighted by Gasteiger charge is 2.14. The molecule has 5 heteroatoms. The van der Waals surface area contributed by atoms with Crippen molar-refractivity contribution in [2.24, 2.45) is 0 Å². The first-order valence-corrected chi connectivity index (χ1v) is 5.63. The van der Waals surface area contributed by atoms with Gasteiger partial charge in [-0.2, -0.15) is 0 Å². The molecule has 0 spiro atoms. The molecule has 0 unspecified atom stereocenters. The van der Waals surface area contributed by atoms with Crippen molar-refractivity contribution in [3.8, 4) is 0 Å². The molecule has 1 aromatic heterocycles. The van der Waals surface area contributed by atoms with Gasteiger partial charge in [-0.1, -0.05) is 6.07 Å². The van der Waals surface area contributed by atoms with Gasteiger partial charge in [0.15, 0.2) is 0 Å². The zero-order valence-corrected chi connectivity index (χ0v) is 10.3. The second-order valence-electron chi connectivity index (χ2n) is 3.99. The molecule has 0 aliphatic carbocycles. The van der Waals surface area contributed by atoms with Crippen molar-refractivity contribution in [3.63, 3.8) is 0 Å². The molecule has 0 aliphatic heterocycles. The quantitative estimate of drug-likeness (QED) is 0.780. The molecule has 1 aromatic carbocycles. The number of nitrogens with zero attached hydrogens (tertiary/aromatic N) is 1. The minimum Gasteiger partial charge on any atom is -0.449 e. The number of rotatable bonds is 1. The minimum absolute atomic E-state index is 0.211. The van der Waals surface area contributed by atoms with E-state index < -0.39 is 6.09 Å². The number of hydrogen-bond donors (Lipinski definition) is 1. The van der Waals surface area contributed by atoms with Gasteiger partial charge in [0, 0.05) is 11.3 Å². The van der Waals surface area contributed by atoms with Gasteiger partial charge in [0.1, 0.15) is 0 Å². The molecule has 0 saturated carbocycles. The molecule has 0 fully saturated rings. The van der Waals surface area contributed by atoms with Crippen molar-refractivity contribution in [3.05, 3.63) is 40.2 Å². The molecular formula is C13H14N2O3. The van der Waals surface area contributed by atoms with Crippen molar-refractivity contribution in [1.29, 1.82) is 0 Å². The Hall–Kier alpha value is -2.30. The van der Waals surface area contributed by atoms with Gasteiger partial charge >= 0.3 is 6.09 Å². The zero-order valence-electron chi connectivity index (χ0n) is 10.3. The van der Waals surface area contributed by atoms with Gasteiger partial charge in [0.25, 0.3) is 5.56 Å². The Balaban J connectivity index is 2.82. The van der Waals surface area contributed by atoms with E-state index in [1.807, 2.05) is 0 Å². The molecular weight excluding hydrogens is 232 g/mol. The van der Waals surface area contributed by atoms with Crippen LogP contribution in [0.1, 0.15) is 12.5 Å². The fraction of sp³-hybridized carbons (Fsp3) is 0.231. The number of aryl methyl sites for hydroxylation is 1. The van der Waals surface area contributed by atoms with Gasteiger partial charge in [-0.05, 0) is 37.4 Å². The maximum atomic E-state index is 12.0. The Morgan fingerprint density at radius 3 is 2.78 bits per heavy atom. The highest BCUT2D eigenvalue weighted by molar-refractivity contribution is 5.90. The first-order chi connectivity index (χ1) is 8.54. The zero-order chi connectivity index (χ0) is 13.3. The van der Waals surface area contributed by atoms with Gasteiger partial charge < -0.3 is 10.5 Å². The van der Waals surface area contributed by atoms with Crippen molar-refractivity contribution in [2.75, 3.05) is 12.3 Å². The predicted octanol–water partition coefficient (Wildman–Crippen LogP) is 1.90. The van der Waals surface area contributed by atoms with Crippen LogP contribution in [0.4, 0.5) is 10.5 Å². The number of benzene rings is 1. The van der Waals surface area contributed by atoms with Crippen LogP contribution >= 0.6 is 0 Å². The molecule has 0 amide bonds. The Morgan fingerprint density at radius 2 is 2.11 bits per heavy atom. The number of carbonyl (C=O) groups excluding carboxylic acids is 1. The SMILES string of the molecule is CCOC(=O)n1c(=O)c(C)cc2ccc(N)cc21. The Morgan fingerprint density at radius 1 is 1.39 bits per heavy atom. The van der Waals surface area contributed by atoms with Crippen LogP contribution in [-0.4, -0.2) is 17.3 Å². The third-order valence-corrected chi connectivity index (χ3v) is 2.66. The molecule has 0 aliphatic rings. The first-order valence-electron chi connectivity index (χ1n) is 5.63. The third-order valence-electron chi connectivity index (χ3n) is 2.66. The van der Waals surface area contributed by atoms with Gasteiger partial charge in [-0.3, -0.25) is 4.79 Å². The number of hydrogen-bond acceptors (Lipinski definition) is 4. The summed E-state index contributed by atoms with van der Waals surface area (Å²) in [4.78, 5) is 23.9. The highest BCUT2D eigenvalue weighted by Crippen LogP contribution is 2.17. The largest absolute Gasteiger partial charge is 0.449 e. The molecule has 5 nitrogen and oxygen atoms in total. The van der Waals surface area contributed by atoms with Crippen LogP contribution in [0.5, 0.6) is 0 Å². The predicted molar refractivity (Wildman–Crippen MR) is 69.8 cm³/mol. The van der Waals surface area contributed by atoms with Crippen LogP contribution in [0.3, 0.4) is 0 Å². The van der Waals surface area contributed by atoms with E-state index >= 15 is 0 Å². The van der Waals surface area contributed by atoms with Crippen LogP contribution < -0.4 is 11.3 Å². The summed E-state index contributed by atoms with van der Waals surface area (Å²) in [6, 6.07) is 6.81. The van der Waals surface area contributed by atoms with E-state index in [9.17, 15) is 9.59 Å². The summed E-state index contributed by atoms with van der Waals surface area (Å²) in [5.74, 6) is 0. The van der Waals surface area contributed by atoms with E-state index in [0.717, 1.165) is 9.95 Å². The molecule has 0 radical (unpaired) electrons. The molecule has 2 aromatic rings. The monoisotopic (exact) mass is 246 g/mol. The molecule has 0 atom stereocenters. The molecule has 18 heavy (non-hydrogen) atoms. The lowest BCUT2D eigenvalue weighted by atomic mass is 10.1. The number of nitrogen functional groups attached to an aromatic ring is 1. The van der Waals surface area contributed by atoms with E-state index in [0.29, 0.717) is 16.8 Å². The van der Waals surface area contributed by atoms with Crippen LogP contribution in [0.2, 0.25) is 0 Å². The number of aromatic nitrogens is 1. The summed E-state index contributed by atoms with van der Waals surface area (Å²) in [7, 11) is 0. The van der Waals surface area contributed by atoms with E-state index in [4.69, 9.17) is 10.5 Å². The van der Waals surface area contributed by atoms with Crippen LogP contribution in [-0.2, 0) is 4.74 Å². The second-order valence-corrected chi connectivity index (χ2v) is 3.99. The average molecular weight is 246 g/mol. The van der Waals surface area contributed by atoms with Crippen molar-refractivity contribution in [1.82, 2.24) is 4.57 Å². The highest BCUT2D eigenvalue weighted by atomic mass is 16.5. The Bertz CT molecular complexity index is 674. The number of carbonyl (C=O) groups is 1. The van der Waals surface area contributed by atoms with E-state index in [2.05, 4.69) is 0 Å². The maximum Gasteiger partial charge on any atom is 0.421 e. The minimum atomic E-state index is -0.679. The van der Waals surface area contributed by atoms with E-state index in [1.54, 1.807) is 38.1 Å².